The van der Waals surface area contributed by atoms with Crippen molar-refractivity contribution in [2.24, 2.45) is 5.10 Å². The molecule has 1 heterocycles. The van der Waals surface area contributed by atoms with Crippen molar-refractivity contribution in [1.82, 2.24) is 5.43 Å². The molecule has 2 rings (SSSR count). The van der Waals surface area contributed by atoms with Gasteiger partial charge in [-0.1, -0.05) is 12.1 Å². The predicted octanol–water partition coefficient (Wildman–Crippen LogP) is 1.96. The number of aromatic carboxylic acids is 1. The van der Waals surface area contributed by atoms with Gasteiger partial charge in [0.15, 0.2) is 5.11 Å². The maximum absolute atomic E-state index is 13.4. The summed E-state index contributed by atoms with van der Waals surface area (Å²) < 4.78 is 13.4. The van der Waals surface area contributed by atoms with Crippen LogP contribution >= 0.6 is 23.6 Å². The number of hydrogen-bond donors (Lipinski definition) is 2. The van der Waals surface area contributed by atoms with Crippen LogP contribution in [0.2, 0.25) is 0 Å². The Morgan fingerprint density at radius 3 is 2.59 bits per heavy atom. The van der Waals surface area contributed by atoms with Crippen LogP contribution in [0, 0.1) is 5.82 Å². The molecular weight excluding hydrogens is 325 g/mol. The molecule has 114 valence electrons. The molecule has 1 aromatic carbocycles. The number of nitrogens with one attached hydrogen (secondary N) is 2. The molecule has 0 aliphatic carbocycles. The second-order valence-corrected chi connectivity index (χ2v) is 5.69. The first-order valence-corrected chi connectivity index (χ1v) is 7.37. The third-order valence-electron chi connectivity index (χ3n) is 2.61. The van der Waals surface area contributed by atoms with Gasteiger partial charge in [-0.05, 0) is 43.4 Å². The lowest BCUT2D eigenvalue weighted by Crippen LogP contribution is -2.25. The predicted molar refractivity (Wildman–Crippen MR) is 86.6 cm³/mol. The molecule has 0 amide bonds. The smallest absolute Gasteiger partial charge is 0.191 e. The van der Waals surface area contributed by atoms with Gasteiger partial charge in [0.05, 0.1) is 27.1 Å². The van der Waals surface area contributed by atoms with Crippen LogP contribution in [0.15, 0.2) is 41.5 Å². The van der Waals surface area contributed by atoms with Crippen LogP contribution in [0.25, 0.3) is 0 Å². The van der Waals surface area contributed by atoms with Crippen molar-refractivity contribution in [1.29, 1.82) is 0 Å². The van der Waals surface area contributed by atoms with Crippen molar-refractivity contribution in [2.45, 2.75) is 6.92 Å². The molecule has 0 aliphatic heterocycles. The summed E-state index contributed by atoms with van der Waals surface area (Å²) in [7, 11) is 0. The van der Waals surface area contributed by atoms with Crippen LogP contribution < -0.4 is 15.8 Å². The maximum atomic E-state index is 13.4. The van der Waals surface area contributed by atoms with Crippen molar-refractivity contribution in [3.63, 3.8) is 0 Å². The molecule has 0 radical (unpaired) electrons. The zero-order valence-electron chi connectivity index (χ0n) is 11.4. The number of para-hydroxylation sites is 1. The Bertz CT molecular complexity index is 743. The van der Waals surface area contributed by atoms with Crippen molar-refractivity contribution < 1.29 is 14.3 Å². The molecule has 0 unspecified atom stereocenters. The van der Waals surface area contributed by atoms with E-state index >= 15 is 0 Å². The summed E-state index contributed by atoms with van der Waals surface area (Å²) in [6.45, 7) is 1.70. The number of carboxylic acids is 1. The van der Waals surface area contributed by atoms with E-state index in [9.17, 15) is 14.3 Å². The first-order chi connectivity index (χ1) is 10.5. The van der Waals surface area contributed by atoms with E-state index in [1.54, 1.807) is 31.2 Å². The molecule has 0 spiro atoms. The number of rotatable bonds is 4. The summed E-state index contributed by atoms with van der Waals surface area (Å²) in [5, 5.41) is 17.6. The Labute approximate surface area is 135 Å². The number of carboxylic acid groups (broad SMARTS) is 1. The second kappa shape index (κ2) is 7.10. The number of hydrogen-bond acceptors (Lipinski definition) is 5. The molecule has 2 aromatic rings. The SMILES string of the molecule is C/C(=N/NC(=S)Nc1ccccc1F)c1ccc(C(=O)[O-])s1. The Morgan fingerprint density at radius 2 is 1.95 bits per heavy atom. The maximum Gasteiger partial charge on any atom is 0.191 e. The van der Waals surface area contributed by atoms with Crippen molar-refractivity contribution >= 4 is 46.0 Å². The van der Waals surface area contributed by atoms with Crippen LogP contribution in [-0.2, 0) is 0 Å². The molecular formula is C14H11FN3O2S2-. The monoisotopic (exact) mass is 336 g/mol. The number of nitrogens with zero attached hydrogens (tertiary/aromatic N) is 1. The second-order valence-electron chi connectivity index (χ2n) is 4.19. The minimum atomic E-state index is -1.23. The van der Waals surface area contributed by atoms with E-state index in [1.807, 2.05) is 0 Å². The Kier molecular flexibility index (Phi) is 5.18. The molecule has 5 nitrogen and oxygen atoms in total. The van der Waals surface area contributed by atoms with E-state index < -0.39 is 11.8 Å². The normalized spacial score (nSPS) is 11.1. The number of carbonyl (C=O) groups is 1. The van der Waals surface area contributed by atoms with Crippen LogP contribution in [0.3, 0.4) is 0 Å². The molecule has 0 aliphatic rings. The van der Waals surface area contributed by atoms with Crippen LogP contribution in [0.1, 0.15) is 21.5 Å². The highest BCUT2D eigenvalue weighted by Crippen LogP contribution is 2.16. The average Bonchev–Trinajstić information content (AvgIpc) is 2.97. The zero-order valence-corrected chi connectivity index (χ0v) is 13.1. The van der Waals surface area contributed by atoms with Gasteiger partial charge in [-0.3, -0.25) is 5.43 Å². The number of benzene rings is 1. The molecule has 0 bridgehead atoms. The summed E-state index contributed by atoms with van der Waals surface area (Å²) >= 11 is 6.06. The lowest BCUT2D eigenvalue weighted by Gasteiger charge is -2.08. The molecule has 0 saturated carbocycles. The fourth-order valence-electron chi connectivity index (χ4n) is 1.54. The summed E-state index contributed by atoms with van der Waals surface area (Å²) in [5.41, 5.74) is 3.37. The van der Waals surface area contributed by atoms with Gasteiger partial charge in [0, 0.05) is 0 Å². The van der Waals surface area contributed by atoms with Gasteiger partial charge < -0.3 is 15.2 Å². The van der Waals surface area contributed by atoms with Gasteiger partial charge >= 0.3 is 0 Å². The number of hydrazone groups is 1. The lowest BCUT2D eigenvalue weighted by molar-refractivity contribution is -0.254. The number of carbonyl (C=O) groups excluding carboxylic acids is 1. The van der Waals surface area contributed by atoms with Crippen molar-refractivity contribution in [3.05, 3.63) is 52.0 Å². The molecule has 2 N–H and O–H groups in total. The highest BCUT2D eigenvalue weighted by molar-refractivity contribution is 7.80. The van der Waals surface area contributed by atoms with Gasteiger partial charge in [0.2, 0.25) is 0 Å². The quantitative estimate of drug-likeness (QED) is 0.507. The molecule has 0 saturated heterocycles. The Balaban J connectivity index is 1.99. The van der Waals surface area contributed by atoms with Crippen LogP contribution in [-0.4, -0.2) is 16.8 Å². The fourth-order valence-corrected chi connectivity index (χ4v) is 2.49. The largest absolute Gasteiger partial charge is 0.544 e. The van der Waals surface area contributed by atoms with Gasteiger partial charge in [-0.15, -0.1) is 11.3 Å². The van der Waals surface area contributed by atoms with E-state index in [-0.39, 0.29) is 15.7 Å². The van der Waals surface area contributed by atoms with E-state index in [2.05, 4.69) is 15.8 Å². The van der Waals surface area contributed by atoms with E-state index in [0.717, 1.165) is 11.3 Å². The Morgan fingerprint density at radius 1 is 1.27 bits per heavy atom. The minimum absolute atomic E-state index is 0.122. The number of thiocarbonyl (C=S) groups is 1. The highest BCUT2D eigenvalue weighted by atomic mass is 32.1. The molecule has 22 heavy (non-hydrogen) atoms. The number of halogens is 1. The lowest BCUT2D eigenvalue weighted by atomic mass is 10.3. The van der Waals surface area contributed by atoms with Crippen molar-refractivity contribution in [3.8, 4) is 0 Å². The van der Waals surface area contributed by atoms with Crippen LogP contribution in [0.4, 0.5) is 10.1 Å². The fraction of sp³-hybridized carbons (Fsp3) is 0.0714. The minimum Gasteiger partial charge on any atom is -0.544 e. The first kappa shape index (κ1) is 16.1. The topological polar surface area (TPSA) is 76.5 Å². The van der Waals surface area contributed by atoms with Crippen molar-refractivity contribution in [2.75, 3.05) is 5.32 Å². The summed E-state index contributed by atoms with van der Waals surface area (Å²) in [6, 6.07) is 9.19. The summed E-state index contributed by atoms with van der Waals surface area (Å²) in [6.07, 6.45) is 0. The summed E-state index contributed by atoms with van der Waals surface area (Å²) in [5.74, 6) is -1.65. The number of anilines is 1. The molecule has 0 fully saturated rings. The average molecular weight is 336 g/mol. The zero-order chi connectivity index (χ0) is 16.1. The van der Waals surface area contributed by atoms with E-state index in [1.165, 1.54) is 12.1 Å². The third-order valence-corrected chi connectivity index (χ3v) is 3.98. The summed E-state index contributed by atoms with van der Waals surface area (Å²) in [4.78, 5) is 11.5. The van der Waals surface area contributed by atoms with E-state index in [4.69, 9.17) is 12.2 Å². The highest BCUT2D eigenvalue weighted by Gasteiger charge is 2.05. The molecule has 1 aromatic heterocycles. The van der Waals surface area contributed by atoms with Crippen LogP contribution in [0.5, 0.6) is 0 Å². The van der Waals surface area contributed by atoms with Gasteiger partial charge in [0.25, 0.3) is 0 Å². The van der Waals surface area contributed by atoms with Gasteiger partial charge in [0.1, 0.15) is 5.82 Å². The van der Waals surface area contributed by atoms with Gasteiger partial charge in [-0.25, -0.2) is 4.39 Å². The van der Waals surface area contributed by atoms with E-state index in [0.29, 0.717) is 10.6 Å². The number of thiophene rings is 1. The Hall–Kier alpha value is -2.32. The standard InChI is InChI=1S/C14H12FN3O2S2/c1-8(11-6-7-12(22-11)13(19)20)17-18-14(21)16-10-5-3-2-4-9(10)15/h2-7H,1H3,(H,19,20)(H2,16,18,21)/p-1/b17-8-. The van der Waals surface area contributed by atoms with Gasteiger partial charge in [-0.2, -0.15) is 5.10 Å². The first-order valence-electron chi connectivity index (χ1n) is 6.14. The third kappa shape index (κ3) is 4.09. The molecule has 8 heteroatoms. The molecule has 0 atom stereocenters.